The molecule has 0 amide bonds. The second kappa shape index (κ2) is 6.31. The van der Waals surface area contributed by atoms with Crippen LogP contribution in [0.5, 0.6) is 0 Å². The van der Waals surface area contributed by atoms with Crippen LogP contribution in [0.1, 0.15) is 29.7 Å². The van der Waals surface area contributed by atoms with Crippen molar-refractivity contribution in [3.05, 3.63) is 69.4 Å². The van der Waals surface area contributed by atoms with Gasteiger partial charge in [-0.1, -0.05) is 37.3 Å². The molecule has 0 saturated carbocycles. The fraction of sp³-hybridized carbons (Fsp3) is 0.250. The number of halogens is 2. The van der Waals surface area contributed by atoms with Crippen LogP contribution in [0.15, 0.2) is 46.9 Å². The van der Waals surface area contributed by atoms with Crippen LogP contribution in [0.2, 0.25) is 0 Å². The number of hydrogen-bond donors (Lipinski definition) is 1. The summed E-state index contributed by atoms with van der Waals surface area (Å²) < 4.78 is 14.1. The number of benzene rings is 2. The van der Waals surface area contributed by atoms with Gasteiger partial charge in [0.1, 0.15) is 5.82 Å². The summed E-state index contributed by atoms with van der Waals surface area (Å²) in [5, 5.41) is 3.24. The van der Waals surface area contributed by atoms with E-state index in [1.54, 1.807) is 12.1 Å². The molecule has 0 aliphatic carbocycles. The van der Waals surface area contributed by atoms with Crippen molar-refractivity contribution in [3.8, 4) is 0 Å². The molecule has 0 aliphatic rings. The molecule has 1 N–H and O–H groups in total. The standard InChI is InChI=1S/C16H17BrFN/c1-3-11-4-6-12(7-5-11)16(19-2)13-8-9-14(17)15(18)10-13/h4-10,16,19H,3H2,1-2H3. The first-order chi connectivity index (χ1) is 9.15. The van der Waals surface area contributed by atoms with Gasteiger partial charge in [0.2, 0.25) is 0 Å². The summed E-state index contributed by atoms with van der Waals surface area (Å²) in [5.41, 5.74) is 3.37. The lowest BCUT2D eigenvalue weighted by Crippen LogP contribution is -2.17. The van der Waals surface area contributed by atoms with Gasteiger partial charge in [-0.15, -0.1) is 0 Å². The molecule has 2 rings (SSSR count). The fourth-order valence-electron chi connectivity index (χ4n) is 2.16. The minimum Gasteiger partial charge on any atom is -0.309 e. The lowest BCUT2D eigenvalue weighted by molar-refractivity contribution is 0.610. The van der Waals surface area contributed by atoms with E-state index in [4.69, 9.17) is 0 Å². The van der Waals surface area contributed by atoms with E-state index in [1.165, 1.54) is 5.56 Å². The maximum atomic E-state index is 13.6. The predicted octanol–water partition coefficient (Wildman–Crippen LogP) is 4.46. The van der Waals surface area contributed by atoms with E-state index in [2.05, 4.69) is 52.4 Å². The molecule has 0 saturated heterocycles. The first-order valence-corrected chi connectivity index (χ1v) is 7.16. The molecule has 0 aliphatic heterocycles. The highest BCUT2D eigenvalue weighted by molar-refractivity contribution is 9.10. The highest BCUT2D eigenvalue weighted by atomic mass is 79.9. The third-order valence-electron chi connectivity index (χ3n) is 3.29. The van der Waals surface area contributed by atoms with E-state index < -0.39 is 0 Å². The van der Waals surface area contributed by atoms with Crippen molar-refractivity contribution < 1.29 is 4.39 Å². The molecule has 0 spiro atoms. The number of aryl methyl sites for hydroxylation is 1. The van der Waals surface area contributed by atoms with Gasteiger partial charge >= 0.3 is 0 Å². The van der Waals surface area contributed by atoms with Crippen molar-refractivity contribution in [1.29, 1.82) is 0 Å². The summed E-state index contributed by atoms with van der Waals surface area (Å²) in [6.07, 6.45) is 1.03. The molecule has 1 nitrogen and oxygen atoms in total. The van der Waals surface area contributed by atoms with Crippen molar-refractivity contribution >= 4 is 15.9 Å². The molecule has 19 heavy (non-hydrogen) atoms. The molecule has 0 fully saturated rings. The van der Waals surface area contributed by atoms with E-state index in [0.717, 1.165) is 17.5 Å². The average Bonchev–Trinajstić information content (AvgIpc) is 2.44. The molecule has 100 valence electrons. The summed E-state index contributed by atoms with van der Waals surface area (Å²) >= 11 is 3.18. The van der Waals surface area contributed by atoms with Crippen LogP contribution in [0.3, 0.4) is 0 Å². The monoisotopic (exact) mass is 321 g/mol. The van der Waals surface area contributed by atoms with Crippen LogP contribution in [0.25, 0.3) is 0 Å². The lowest BCUT2D eigenvalue weighted by atomic mass is 9.97. The summed E-state index contributed by atoms with van der Waals surface area (Å²) in [6, 6.07) is 13.7. The second-order valence-electron chi connectivity index (χ2n) is 4.49. The maximum Gasteiger partial charge on any atom is 0.137 e. The third kappa shape index (κ3) is 3.23. The van der Waals surface area contributed by atoms with Crippen molar-refractivity contribution in [1.82, 2.24) is 5.32 Å². The molecule has 0 aromatic heterocycles. The van der Waals surface area contributed by atoms with Gasteiger partial charge in [-0.2, -0.15) is 0 Å². The van der Waals surface area contributed by atoms with Gasteiger partial charge in [0.15, 0.2) is 0 Å². The zero-order chi connectivity index (χ0) is 13.8. The second-order valence-corrected chi connectivity index (χ2v) is 5.34. The molecule has 2 aromatic carbocycles. The van der Waals surface area contributed by atoms with E-state index in [-0.39, 0.29) is 11.9 Å². The molecule has 0 bridgehead atoms. The zero-order valence-corrected chi connectivity index (χ0v) is 12.7. The van der Waals surface area contributed by atoms with Crippen molar-refractivity contribution in [2.75, 3.05) is 7.05 Å². The average molecular weight is 322 g/mol. The van der Waals surface area contributed by atoms with Crippen LogP contribution in [0, 0.1) is 5.82 Å². The van der Waals surface area contributed by atoms with Gasteiger partial charge in [0, 0.05) is 0 Å². The Morgan fingerprint density at radius 1 is 1.11 bits per heavy atom. The third-order valence-corrected chi connectivity index (χ3v) is 3.93. The summed E-state index contributed by atoms with van der Waals surface area (Å²) in [7, 11) is 1.89. The molecule has 1 atom stereocenters. The Bertz CT molecular complexity index is 551. The Hall–Kier alpha value is -1.19. The van der Waals surface area contributed by atoms with Crippen molar-refractivity contribution in [2.24, 2.45) is 0 Å². The normalized spacial score (nSPS) is 12.4. The van der Waals surface area contributed by atoms with Gasteiger partial charge in [0.25, 0.3) is 0 Å². The summed E-state index contributed by atoms with van der Waals surface area (Å²) in [6.45, 7) is 2.13. The molecule has 1 unspecified atom stereocenters. The number of nitrogens with one attached hydrogen (secondary N) is 1. The van der Waals surface area contributed by atoms with Gasteiger partial charge < -0.3 is 5.32 Å². The van der Waals surface area contributed by atoms with Gasteiger partial charge in [-0.05, 0) is 58.2 Å². The highest BCUT2D eigenvalue weighted by Crippen LogP contribution is 2.25. The quantitative estimate of drug-likeness (QED) is 0.876. The first kappa shape index (κ1) is 14.2. The van der Waals surface area contributed by atoms with E-state index in [1.807, 2.05) is 13.1 Å². The van der Waals surface area contributed by atoms with Crippen molar-refractivity contribution in [2.45, 2.75) is 19.4 Å². The topological polar surface area (TPSA) is 12.0 Å². The van der Waals surface area contributed by atoms with Crippen LogP contribution in [-0.2, 0) is 6.42 Å². The van der Waals surface area contributed by atoms with Crippen LogP contribution in [-0.4, -0.2) is 7.05 Å². The molecule has 0 heterocycles. The molecule has 2 aromatic rings. The van der Waals surface area contributed by atoms with Gasteiger partial charge in [-0.25, -0.2) is 4.39 Å². The Balaban J connectivity index is 2.34. The minimum atomic E-state index is -0.233. The number of rotatable bonds is 4. The van der Waals surface area contributed by atoms with Gasteiger partial charge in [-0.3, -0.25) is 0 Å². The minimum absolute atomic E-state index is 0.00788. The highest BCUT2D eigenvalue weighted by Gasteiger charge is 2.13. The molecule has 0 radical (unpaired) electrons. The lowest BCUT2D eigenvalue weighted by Gasteiger charge is -2.18. The molecule has 3 heteroatoms. The Morgan fingerprint density at radius 2 is 1.74 bits per heavy atom. The molecular formula is C16H17BrFN. The van der Waals surface area contributed by atoms with Gasteiger partial charge in [0.05, 0.1) is 10.5 Å². The Labute approximate surface area is 122 Å². The van der Waals surface area contributed by atoms with Crippen LogP contribution < -0.4 is 5.32 Å². The van der Waals surface area contributed by atoms with Crippen LogP contribution in [0.4, 0.5) is 4.39 Å². The Kier molecular flexibility index (Phi) is 4.72. The Morgan fingerprint density at radius 3 is 2.26 bits per heavy atom. The number of hydrogen-bond acceptors (Lipinski definition) is 1. The predicted molar refractivity (Wildman–Crippen MR) is 80.8 cm³/mol. The zero-order valence-electron chi connectivity index (χ0n) is 11.1. The molecular weight excluding hydrogens is 305 g/mol. The fourth-order valence-corrected chi connectivity index (χ4v) is 2.41. The first-order valence-electron chi connectivity index (χ1n) is 6.36. The summed E-state index contributed by atoms with van der Waals surface area (Å²) in [4.78, 5) is 0. The van der Waals surface area contributed by atoms with Crippen LogP contribution >= 0.6 is 15.9 Å². The maximum absolute atomic E-state index is 13.6. The SMILES string of the molecule is CCc1ccc(C(NC)c2ccc(Br)c(F)c2)cc1. The summed E-state index contributed by atoms with van der Waals surface area (Å²) in [5.74, 6) is -0.233. The van der Waals surface area contributed by atoms with Crippen molar-refractivity contribution in [3.63, 3.8) is 0 Å². The largest absolute Gasteiger partial charge is 0.309 e. The van der Waals surface area contributed by atoms with E-state index in [9.17, 15) is 4.39 Å². The van der Waals surface area contributed by atoms with E-state index in [0.29, 0.717) is 4.47 Å². The van der Waals surface area contributed by atoms with E-state index >= 15 is 0 Å². The smallest absolute Gasteiger partial charge is 0.137 e.